The minimum absolute atomic E-state index is 0.234. The van der Waals surface area contributed by atoms with Gasteiger partial charge in [0.1, 0.15) is 5.82 Å². The van der Waals surface area contributed by atoms with Crippen molar-refractivity contribution in [2.45, 2.75) is 11.8 Å². The highest BCUT2D eigenvalue weighted by atomic mass is 79.9. The fourth-order valence-electron chi connectivity index (χ4n) is 0.695. The molecule has 54 valence electrons. The number of thiol groups is 1. The summed E-state index contributed by atoms with van der Waals surface area (Å²) in [5.41, 5.74) is 0.843. The average Bonchev–Trinajstić information content (AvgIpc) is 1.82. The van der Waals surface area contributed by atoms with E-state index in [2.05, 4.69) is 28.6 Å². The molecule has 1 rings (SSSR count). The van der Waals surface area contributed by atoms with Crippen molar-refractivity contribution < 1.29 is 4.39 Å². The van der Waals surface area contributed by atoms with Gasteiger partial charge in [0.25, 0.3) is 0 Å². The molecule has 0 aliphatic rings. The minimum atomic E-state index is -0.234. The van der Waals surface area contributed by atoms with E-state index in [4.69, 9.17) is 0 Å². The number of hydrogen-bond donors (Lipinski definition) is 1. The summed E-state index contributed by atoms with van der Waals surface area (Å²) in [6.07, 6.45) is 0. The molecule has 0 radical (unpaired) electrons. The normalized spacial score (nSPS) is 10.0. The highest BCUT2D eigenvalue weighted by Crippen LogP contribution is 2.24. The lowest BCUT2D eigenvalue weighted by Crippen LogP contribution is -1.81. The number of rotatable bonds is 0. The van der Waals surface area contributed by atoms with Gasteiger partial charge >= 0.3 is 0 Å². The highest BCUT2D eigenvalue weighted by molar-refractivity contribution is 9.10. The first-order valence-corrected chi connectivity index (χ1v) is 4.00. The Bertz CT molecular complexity index is 237. The van der Waals surface area contributed by atoms with Gasteiger partial charge in [-0.15, -0.1) is 12.6 Å². The molecule has 0 N–H and O–H groups in total. The maximum absolute atomic E-state index is 12.5. The zero-order valence-electron chi connectivity index (χ0n) is 5.36. The van der Waals surface area contributed by atoms with Gasteiger partial charge in [-0.2, -0.15) is 0 Å². The van der Waals surface area contributed by atoms with Crippen molar-refractivity contribution in [2.75, 3.05) is 0 Å². The average molecular weight is 221 g/mol. The molecule has 1 aromatic carbocycles. The van der Waals surface area contributed by atoms with Crippen molar-refractivity contribution >= 4 is 28.6 Å². The molecule has 0 fully saturated rings. The summed E-state index contributed by atoms with van der Waals surface area (Å²) >= 11 is 7.33. The summed E-state index contributed by atoms with van der Waals surface area (Å²) in [4.78, 5) is 0.793. The lowest BCUT2D eigenvalue weighted by molar-refractivity contribution is 0.624. The third kappa shape index (κ3) is 1.52. The number of halogens is 2. The third-order valence-electron chi connectivity index (χ3n) is 1.22. The van der Waals surface area contributed by atoms with Gasteiger partial charge < -0.3 is 0 Å². The Morgan fingerprint density at radius 2 is 2.10 bits per heavy atom. The van der Waals surface area contributed by atoms with Crippen LogP contribution in [-0.4, -0.2) is 0 Å². The fourth-order valence-corrected chi connectivity index (χ4v) is 1.36. The van der Waals surface area contributed by atoms with Gasteiger partial charge in [0.05, 0.1) is 0 Å². The minimum Gasteiger partial charge on any atom is -0.207 e. The topological polar surface area (TPSA) is 0 Å². The molecule has 0 nitrogen and oxygen atoms in total. The molecule has 10 heavy (non-hydrogen) atoms. The predicted octanol–water partition coefficient (Wildman–Crippen LogP) is 3.19. The number of hydrogen-bond acceptors (Lipinski definition) is 1. The molecule has 0 aliphatic carbocycles. The standard InChI is InChI=1S/C7H6BrFS/c1-4-2-5(9)3-6(8)7(4)10/h2-3,10H,1H3. The zero-order valence-corrected chi connectivity index (χ0v) is 7.84. The van der Waals surface area contributed by atoms with Gasteiger partial charge in [0.15, 0.2) is 0 Å². The second-order valence-electron chi connectivity index (χ2n) is 2.05. The molecule has 0 aliphatic heterocycles. The van der Waals surface area contributed by atoms with Crippen LogP contribution in [0.15, 0.2) is 21.5 Å². The largest absolute Gasteiger partial charge is 0.207 e. The van der Waals surface area contributed by atoms with Crippen LogP contribution in [-0.2, 0) is 0 Å². The lowest BCUT2D eigenvalue weighted by atomic mass is 10.2. The quantitative estimate of drug-likeness (QED) is 0.639. The molecule has 0 bridgehead atoms. The van der Waals surface area contributed by atoms with E-state index in [0.29, 0.717) is 4.47 Å². The van der Waals surface area contributed by atoms with Gasteiger partial charge in [-0.1, -0.05) is 0 Å². The molecule has 3 heteroatoms. The van der Waals surface area contributed by atoms with E-state index >= 15 is 0 Å². The van der Waals surface area contributed by atoms with E-state index in [9.17, 15) is 4.39 Å². The van der Waals surface area contributed by atoms with Gasteiger partial charge in [-0.05, 0) is 40.5 Å². The van der Waals surface area contributed by atoms with E-state index in [0.717, 1.165) is 10.5 Å². The van der Waals surface area contributed by atoms with Crippen molar-refractivity contribution in [2.24, 2.45) is 0 Å². The van der Waals surface area contributed by atoms with E-state index in [1.807, 2.05) is 6.92 Å². The summed E-state index contributed by atoms with van der Waals surface area (Å²) in [6, 6.07) is 2.85. The second kappa shape index (κ2) is 2.93. The third-order valence-corrected chi connectivity index (χ3v) is 2.74. The first kappa shape index (κ1) is 8.08. The second-order valence-corrected chi connectivity index (χ2v) is 3.35. The Morgan fingerprint density at radius 1 is 1.50 bits per heavy atom. The summed E-state index contributed by atoms with van der Waals surface area (Å²) in [7, 11) is 0. The SMILES string of the molecule is Cc1cc(F)cc(Br)c1S. The molecule has 0 heterocycles. The number of benzene rings is 1. The van der Waals surface area contributed by atoms with Gasteiger partial charge in [-0.3, -0.25) is 0 Å². The molecule has 0 aromatic heterocycles. The van der Waals surface area contributed by atoms with Crippen LogP contribution in [0.4, 0.5) is 4.39 Å². The fraction of sp³-hybridized carbons (Fsp3) is 0.143. The van der Waals surface area contributed by atoms with Crippen molar-refractivity contribution in [1.29, 1.82) is 0 Å². The molecular formula is C7H6BrFS. The molecule has 0 saturated heterocycles. The summed E-state index contributed by atoms with van der Waals surface area (Å²) < 4.78 is 13.2. The summed E-state index contributed by atoms with van der Waals surface area (Å²) in [5, 5.41) is 0. The molecule has 0 amide bonds. The summed E-state index contributed by atoms with van der Waals surface area (Å²) in [5.74, 6) is -0.234. The Morgan fingerprint density at radius 3 is 2.60 bits per heavy atom. The van der Waals surface area contributed by atoms with E-state index in [-0.39, 0.29) is 5.82 Å². The molecule has 0 saturated carbocycles. The van der Waals surface area contributed by atoms with Crippen molar-refractivity contribution in [3.63, 3.8) is 0 Å². The van der Waals surface area contributed by atoms with Crippen LogP contribution < -0.4 is 0 Å². The molecular weight excluding hydrogens is 215 g/mol. The Balaban J connectivity index is 3.31. The van der Waals surface area contributed by atoms with Crippen molar-refractivity contribution in [3.05, 3.63) is 28.0 Å². The lowest BCUT2D eigenvalue weighted by Gasteiger charge is -2.00. The molecule has 0 unspecified atom stereocenters. The maximum atomic E-state index is 12.5. The Hall–Kier alpha value is -0.0200. The maximum Gasteiger partial charge on any atom is 0.124 e. The van der Waals surface area contributed by atoms with E-state index in [1.54, 1.807) is 0 Å². The van der Waals surface area contributed by atoms with Crippen molar-refractivity contribution in [3.8, 4) is 0 Å². The Labute approximate surface area is 73.0 Å². The predicted molar refractivity (Wildman–Crippen MR) is 46.1 cm³/mol. The van der Waals surface area contributed by atoms with Gasteiger partial charge in [0, 0.05) is 9.37 Å². The van der Waals surface area contributed by atoms with Crippen LogP contribution in [0.2, 0.25) is 0 Å². The van der Waals surface area contributed by atoms with Crippen LogP contribution in [0.25, 0.3) is 0 Å². The first-order chi connectivity index (χ1) is 4.61. The van der Waals surface area contributed by atoms with Crippen LogP contribution >= 0.6 is 28.6 Å². The van der Waals surface area contributed by atoms with E-state index < -0.39 is 0 Å². The molecule has 0 spiro atoms. The van der Waals surface area contributed by atoms with Crippen LogP contribution in [0.5, 0.6) is 0 Å². The first-order valence-electron chi connectivity index (χ1n) is 2.76. The highest BCUT2D eigenvalue weighted by Gasteiger charge is 2.00. The monoisotopic (exact) mass is 220 g/mol. The van der Waals surface area contributed by atoms with Gasteiger partial charge in [0.2, 0.25) is 0 Å². The Kier molecular flexibility index (Phi) is 2.36. The van der Waals surface area contributed by atoms with Crippen molar-refractivity contribution in [1.82, 2.24) is 0 Å². The van der Waals surface area contributed by atoms with Gasteiger partial charge in [-0.25, -0.2) is 4.39 Å². The molecule has 0 atom stereocenters. The summed E-state index contributed by atoms with van der Waals surface area (Å²) in [6.45, 7) is 1.82. The zero-order chi connectivity index (χ0) is 7.72. The van der Waals surface area contributed by atoms with E-state index in [1.165, 1.54) is 12.1 Å². The number of aryl methyl sites for hydroxylation is 1. The van der Waals surface area contributed by atoms with Crippen LogP contribution in [0.3, 0.4) is 0 Å². The molecule has 1 aromatic rings. The van der Waals surface area contributed by atoms with Crippen LogP contribution in [0.1, 0.15) is 5.56 Å². The smallest absolute Gasteiger partial charge is 0.124 e. The van der Waals surface area contributed by atoms with Crippen LogP contribution in [0, 0.1) is 12.7 Å².